The molecule has 1 aromatic heterocycles. The lowest BCUT2D eigenvalue weighted by molar-refractivity contribution is 0.534. The van der Waals surface area contributed by atoms with E-state index in [-0.39, 0.29) is 5.38 Å². The summed E-state index contributed by atoms with van der Waals surface area (Å²) in [6.07, 6.45) is 5.40. The number of rotatable bonds is 2. The number of hydrogen-bond donors (Lipinski definition) is 0. The summed E-state index contributed by atoms with van der Waals surface area (Å²) < 4.78 is 0. The fourth-order valence-electron chi connectivity index (χ4n) is 2.08. The number of halogens is 1. The van der Waals surface area contributed by atoms with Gasteiger partial charge in [-0.15, -0.1) is 22.9 Å². The van der Waals surface area contributed by atoms with Crippen molar-refractivity contribution in [3.05, 3.63) is 21.9 Å². The highest BCUT2D eigenvalue weighted by atomic mass is 35.5. The predicted octanol–water partition coefficient (Wildman–Crippen LogP) is 4.53. The summed E-state index contributed by atoms with van der Waals surface area (Å²) in [6, 6.07) is 4.36. The predicted molar refractivity (Wildman–Crippen MR) is 59.6 cm³/mol. The monoisotopic (exact) mass is 214 g/mol. The van der Waals surface area contributed by atoms with E-state index in [2.05, 4.69) is 19.1 Å². The van der Waals surface area contributed by atoms with Crippen LogP contribution in [0.1, 0.15) is 40.8 Å². The molecule has 0 amide bonds. The van der Waals surface area contributed by atoms with Gasteiger partial charge in [0.2, 0.25) is 0 Å². The molecule has 0 nitrogen and oxygen atoms in total. The first-order valence-electron chi connectivity index (χ1n) is 4.98. The van der Waals surface area contributed by atoms with E-state index in [1.165, 1.54) is 35.4 Å². The van der Waals surface area contributed by atoms with Gasteiger partial charge in [0.25, 0.3) is 0 Å². The lowest BCUT2D eigenvalue weighted by Crippen LogP contribution is -2.00. The van der Waals surface area contributed by atoms with Crippen molar-refractivity contribution in [1.29, 1.82) is 0 Å². The van der Waals surface area contributed by atoms with Gasteiger partial charge in [-0.25, -0.2) is 0 Å². The lowest BCUT2D eigenvalue weighted by atomic mass is 10.0. The van der Waals surface area contributed by atoms with E-state index in [4.69, 9.17) is 11.6 Å². The minimum absolute atomic E-state index is 0.279. The molecule has 0 bridgehead atoms. The van der Waals surface area contributed by atoms with E-state index in [1.54, 1.807) is 0 Å². The van der Waals surface area contributed by atoms with Gasteiger partial charge in [-0.3, -0.25) is 0 Å². The second-order valence-electron chi connectivity index (χ2n) is 3.89. The Balaban J connectivity index is 2.07. The summed E-state index contributed by atoms with van der Waals surface area (Å²) >= 11 is 8.29. The maximum absolute atomic E-state index is 6.44. The Kier molecular flexibility index (Phi) is 2.95. The van der Waals surface area contributed by atoms with Gasteiger partial charge in [0.05, 0.1) is 5.38 Å². The van der Waals surface area contributed by atoms with Crippen LogP contribution in [0.5, 0.6) is 0 Å². The van der Waals surface area contributed by atoms with E-state index in [9.17, 15) is 0 Å². The molecular weight excluding hydrogens is 200 g/mol. The highest BCUT2D eigenvalue weighted by molar-refractivity contribution is 7.12. The van der Waals surface area contributed by atoms with Gasteiger partial charge in [0.1, 0.15) is 0 Å². The standard InChI is InChI=1S/C11H15ClS/c1-8-6-7-10(13-8)11(12)9-4-2-3-5-9/h6-7,9,11H,2-5H2,1H3. The minimum atomic E-state index is 0.279. The topological polar surface area (TPSA) is 0 Å². The number of hydrogen-bond acceptors (Lipinski definition) is 1. The maximum Gasteiger partial charge on any atom is 0.0706 e. The van der Waals surface area contributed by atoms with Crippen LogP contribution in [0, 0.1) is 12.8 Å². The molecule has 1 aliphatic rings. The van der Waals surface area contributed by atoms with E-state index < -0.39 is 0 Å². The molecule has 0 spiro atoms. The zero-order valence-corrected chi connectivity index (χ0v) is 9.50. The first-order valence-corrected chi connectivity index (χ1v) is 6.23. The molecule has 1 aromatic rings. The normalized spacial score (nSPS) is 20.8. The van der Waals surface area contributed by atoms with E-state index >= 15 is 0 Å². The first-order chi connectivity index (χ1) is 6.27. The van der Waals surface area contributed by atoms with E-state index in [0.717, 1.165) is 5.92 Å². The molecular formula is C11H15ClS. The Morgan fingerprint density at radius 1 is 1.38 bits per heavy atom. The van der Waals surface area contributed by atoms with Crippen molar-refractivity contribution in [1.82, 2.24) is 0 Å². The van der Waals surface area contributed by atoms with Crippen LogP contribution in [0.2, 0.25) is 0 Å². The van der Waals surface area contributed by atoms with Crippen LogP contribution >= 0.6 is 22.9 Å². The third-order valence-electron chi connectivity index (χ3n) is 2.85. The molecule has 1 saturated carbocycles. The van der Waals surface area contributed by atoms with Gasteiger partial charge >= 0.3 is 0 Å². The zero-order chi connectivity index (χ0) is 9.26. The number of thiophene rings is 1. The molecule has 2 rings (SSSR count). The van der Waals surface area contributed by atoms with Crippen LogP contribution in [-0.4, -0.2) is 0 Å². The fraction of sp³-hybridized carbons (Fsp3) is 0.636. The minimum Gasteiger partial charge on any atom is -0.144 e. The van der Waals surface area contributed by atoms with Gasteiger partial charge in [-0.05, 0) is 37.8 Å². The van der Waals surface area contributed by atoms with Gasteiger partial charge in [0.15, 0.2) is 0 Å². The zero-order valence-electron chi connectivity index (χ0n) is 7.92. The molecule has 1 fully saturated rings. The Labute approximate surface area is 88.9 Å². The molecule has 2 heteroatoms. The van der Waals surface area contributed by atoms with Crippen LogP contribution in [0.15, 0.2) is 12.1 Å². The second-order valence-corrected chi connectivity index (χ2v) is 5.68. The molecule has 1 heterocycles. The number of alkyl halides is 1. The molecule has 0 aromatic carbocycles. The van der Waals surface area contributed by atoms with Crippen molar-refractivity contribution < 1.29 is 0 Å². The van der Waals surface area contributed by atoms with Gasteiger partial charge < -0.3 is 0 Å². The van der Waals surface area contributed by atoms with Crippen LogP contribution < -0.4 is 0 Å². The summed E-state index contributed by atoms with van der Waals surface area (Å²) in [7, 11) is 0. The Bertz CT molecular complexity index is 273. The molecule has 72 valence electrons. The molecule has 1 aliphatic carbocycles. The van der Waals surface area contributed by atoms with Crippen LogP contribution in [-0.2, 0) is 0 Å². The first kappa shape index (κ1) is 9.54. The largest absolute Gasteiger partial charge is 0.144 e. The summed E-state index contributed by atoms with van der Waals surface area (Å²) in [5.41, 5.74) is 0. The molecule has 0 aliphatic heterocycles. The summed E-state index contributed by atoms with van der Waals surface area (Å²) in [5, 5.41) is 0.279. The van der Waals surface area contributed by atoms with E-state index in [1.807, 2.05) is 11.3 Å². The van der Waals surface area contributed by atoms with Crippen molar-refractivity contribution in [2.45, 2.75) is 38.0 Å². The van der Waals surface area contributed by atoms with Crippen LogP contribution in [0.3, 0.4) is 0 Å². The fourth-order valence-corrected chi connectivity index (χ4v) is 3.49. The van der Waals surface area contributed by atoms with Gasteiger partial charge in [-0.1, -0.05) is 12.8 Å². The van der Waals surface area contributed by atoms with Gasteiger partial charge in [0, 0.05) is 9.75 Å². The molecule has 0 saturated heterocycles. The van der Waals surface area contributed by atoms with Crippen molar-refractivity contribution in [2.75, 3.05) is 0 Å². The quantitative estimate of drug-likeness (QED) is 0.635. The SMILES string of the molecule is Cc1ccc(C(Cl)C2CCCC2)s1. The highest BCUT2D eigenvalue weighted by Gasteiger charge is 2.25. The van der Waals surface area contributed by atoms with Crippen molar-refractivity contribution in [2.24, 2.45) is 5.92 Å². The highest BCUT2D eigenvalue weighted by Crippen LogP contribution is 2.41. The van der Waals surface area contributed by atoms with E-state index in [0.29, 0.717) is 0 Å². The average molecular weight is 215 g/mol. The molecule has 1 atom stereocenters. The summed E-state index contributed by atoms with van der Waals surface area (Å²) in [6.45, 7) is 2.15. The van der Waals surface area contributed by atoms with Crippen LogP contribution in [0.4, 0.5) is 0 Å². The smallest absolute Gasteiger partial charge is 0.0706 e. The Hall–Kier alpha value is -0.0100. The lowest BCUT2D eigenvalue weighted by Gasteiger charge is -2.14. The second kappa shape index (κ2) is 4.02. The van der Waals surface area contributed by atoms with Crippen LogP contribution in [0.25, 0.3) is 0 Å². The molecule has 0 N–H and O–H groups in total. The molecule has 13 heavy (non-hydrogen) atoms. The maximum atomic E-state index is 6.44. The average Bonchev–Trinajstić information content (AvgIpc) is 2.72. The molecule has 0 radical (unpaired) electrons. The number of aryl methyl sites for hydroxylation is 1. The Morgan fingerprint density at radius 3 is 2.62 bits per heavy atom. The summed E-state index contributed by atoms with van der Waals surface area (Å²) in [4.78, 5) is 2.74. The van der Waals surface area contributed by atoms with Crippen molar-refractivity contribution in [3.8, 4) is 0 Å². The third kappa shape index (κ3) is 2.08. The van der Waals surface area contributed by atoms with Crippen molar-refractivity contribution in [3.63, 3.8) is 0 Å². The molecule has 1 unspecified atom stereocenters. The summed E-state index contributed by atoms with van der Waals surface area (Å²) in [5.74, 6) is 0.736. The Morgan fingerprint density at radius 2 is 2.08 bits per heavy atom. The van der Waals surface area contributed by atoms with Crippen molar-refractivity contribution >= 4 is 22.9 Å². The third-order valence-corrected chi connectivity index (χ3v) is 4.65. The van der Waals surface area contributed by atoms with Gasteiger partial charge in [-0.2, -0.15) is 0 Å².